The van der Waals surface area contributed by atoms with Crippen LogP contribution in [0.2, 0.25) is 0 Å². The zero-order valence-electron chi connectivity index (χ0n) is 8.78. The second kappa shape index (κ2) is 3.48. The lowest BCUT2D eigenvalue weighted by atomic mass is 10.3. The van der Waals surface area contributed by atoms with E-state index in [1.807, 2.05) is 24.3 Å². The first-order valence-corrected chi connectivity index (χ1v) is 5.08. The van der Waals surface area contributed by atoms with Crippen molar-refractivity contribution in [3.05, 3.63) is 42.5 Å². The summed E-state index contributed by atoms with van der Waals surface area (Å²) < 4.78 is 0. The molecule has 0 aliphatic rings. The van der Waals surface area contributed by atoms with E-state index < -0.39 is 0 Å². The average molecular weight is 227 g/mol. The summed E-state index contributed by atoms with van der Waals surface area (Å²) in [6, 6.07) is 11.7. The Bertz CT molecular complexity index is 658. The van der Waals surface area contributed by atoms with E-state index in [0.29, 0.717) is 5.69 Å². The Hall–Kier alpha value is -2.56. The van der Waals surface area contributed by atoms with Gasteiger partial charge in [0, 0.05) is 6.07 Å². The van der Waals surface area contributed by atoms with Crippen LogP contribution in [0, 0.1) is 0 Å². The first kappa shape index (κ1) is 9.65. The maximum Gasteiger partial charge on any atom is 0.146 e. The van der Waals surface area contributed by atoms with E-state index in [9.17, 15) is 10.2 Å². The fraction of sp³-hybridized carbons (Fsp3) is 0. The third-order valence-corrected chi connectivity index (χ3v) is 2.46. The van der Waals surface area contributed by atoms with Gasteiger partial charge in [-0.05, 0) is 24.3 Å². The number of phenols is 2. The summed E-state index contributed by atoms with van der Waals surface area (Å²) in [7, 11) is 0. The highest BCUT2D eigenvalue weighted by Crippen LogP contribution is 2.25. The quantitative estimate of drug-likeness (QED) is 0.665. The van der Waals surface area contributed by atoms with Crippen LogP contribution in [0.4, 0.5) is 0 Å². The standard InChI is InChI=1S/C12H9N3O2/c16-8-5-6-11(12(17)7-8)15-13-9-3-1-2-4-10(9)14-15/h1-7,16-17H. The van der Waals surface area contributed by atoms with Gasteiger partial charge in [0.1, 0.15) is 28.2 Å². The van der Waals surface area contributed by atoms with Crippen LogP contribution < -0.4 is 0 Å². The average Bonchev–Trinajstić information content (AvgIpc) is 2.72. The van der Waals surface area contributed by atoms with Crippen LogP contribution >= 0.6 is 0 Å². The van der Waals surface area contributed by atoms with Gasteiger partial charge in [-0.15, -0.1) is 15.0 Å². The van der Waals surface area contributed by atoms with Crippen molar-refractivity contribution in [2.24, 2.45) is 0 Å². The van der Waals surface area contributed by atoms with E-state index >= 15 is 0 Å². The van der Waals surface area contributed by atoms with Crippen molar-refractivity contribution < 1.29 is 10.2 Å². The molecule has 2 N–H and O–H groups in total. The maximum atomic E-state index is 9.71. The fourth-order valence-corrected chi connectivity index (χ4v) is 1.65. The van der Waals surface area contributed by atoms with Crippen LogP contribution in [-0.2, 0) is 0 Å². The molecule has 1 aromatic heterocycles. The second-order valence-electron chi connectivity index (χ2n) is 3.65. The van der Waals surface area contributed by atoms with Crippen LogP contribution in [0.25, 0.3) is 16.7 Å². The van der Waals surface area contributed by atoms with Gasteiger partial charge < -0.3 is 10.2 Å². The van der Waals surface area contributed by atoms with E-state index in [1.165, 1.54) is 16.9 Å². The number of nitrogens with zero attached hydrogens (tertiary/aromatic N) is 3. The first-order chi connectivity index (χ1) is 8.24. The Kier molecular flexibility index (Phi) is 1.98. The van der Waals surface area contributed by atoms with Crippen molar-refractivity contribution >= 4 is 11.0 Å². The summed E-state index contributed by atoms with van der Waals surface area (Å²) in [5, 5.41) is 27.4. The SMILES string of the molecule is Oc1ccc(-n2nc3ccccc3n2)c(O)c1. The molecule has 0 amide bonds. The number of fused-ring (bicyclic) bond motifs is 1. The molecule has 0 unspecified atom stereocenters. The lowest BCUT2D eigenvalue weighted by molar-refractivity contribution is 0.446. The lowest BCUT2D eigenvalue weighted by Crippen LogP contribution is -1.98. The summed E-state index contributed by atoms with van der Waals surface area (Å²) in [5.41, 5.74) is 1.93. The van der Waals surface area contributed by atoms with Crippen molar-refractivity contribution in [3.8, 4) is 17.2 Å². The molecule has 0 spiro atoms. The molecule has 0 aliphatic carbocycles. The number of hydrogen-bond acceptors (Lipinski definition) is 4. The molecule has 0 fully saturated rings. The molecule has 0 saturated carbocycles. The smallest absolute Gasteiger partial charge is 0.146 e. The molecule has 2 aromatic carbocycles. The molecule has 0 radical (unpaired) electrons. The molecular weight excluding hydrogens is 218 g/mol. The van der Waals surface area contributed by atoms with Gasteiger partial charge in [-0.3, -0.25) is 0 Å². The molecule has 0 atom stereocenters. The zero-order chi connectivity index (χ0) is 11.8. The number of rotatable bonds is 1. The molecule has 0 bridgehead atoms. The number of aromatic hydroxyl groups is 2. The van der Waals surface area contributed by atoms with E-state index in [2.05, 4.69) is 10.2 Å². The highest BCUT2D eigenvalue weighted by molar-refractivity contribution is 5.73. The summed E-state index contributed by atoms with van der Waals surface area (Å²) in [4.78, 5) is 1.35. The van der Waals surface area contributed by atoms with Crippen molar-refractivity contribution in [3.63, 3.8) is 0 Å². The van der Waals surface area contributed by atoms with E-state index in [4.69, 9.17) is 0 Å². The van der Waals surface area contributed by atoms with Gasteiger partial charge in [0.05, 0.1) is 0 Å². The molecule has 5 heteroatoms. The predicted molar refractivity (Wildman–Crippen MR) is 62.2 cm³/mol. The number of benzene rings is 2. The topological polar surface area (TPSA) is 71.2 Å². The normalized spacial score (nSPS) is 10.8. The third-order valence-electron chi connectivity index (χ3n) is 2.46. The Balaban J connectivity index is 2.20. The van der Waals surface area contributed by atoms with Crippen molar-refractivity contribution in [2.45, 2.75) is 0 Å². The van der Waals surface area contributed by atoms with Crippen LogP contribution in [0.5, 0.6) is 11.5 Å². The second-order valence-corrected chi connectivity index (χ2v) is 3.65. The molecule has 84 valence electrons. The fourth-order valence-electron chi connectivity index (χ4n) is 1.65. The monoisotopic (exact) mass is 227 g/mol. The van der Waals surface area contributed by atoms with Crippen LogP contribution in [0.15, 0.2) is 42.5 Å². The van der Waals surface area contributed by atoms with Crippen molar-refractivity contribution in [1.82, 2.24) is 15.0 Å². The van der Waals surface area contributed by atoms with Gasteiger partial charge in [0.25, 0.3) is 0 Å². The highest BCUT2D eigenvalue weighted by Gasteiger charge is 2.08. The number of hydrogen-bond donors (Lipinski definition) is 2. The molecule has 5 nitrogen and oxygen atoms in total. The Labute approximate surface area is 96.6 Å². The third kappa shape index (κ3) is 1.57. The minimum absolute atomic E-state index is 0.00274. The summed E-state index contributed by atoms with van der Waals surface area (Å²) >= 11 is 0. The Morgan fingerprint density at radius 2 is 1.53 bits per heavy atom. The summed E-state index contributed by atoms with van der Waals surface area (Å²) in [5.74, 6) is -0.0618. The Morgan fingerprint density at radius 3 is 2.12 bits per heavy atom. The minimum atomic E-state index is -0.0645. The first-order valence-electron chi connectivity index (χ1n) is 5.08. The van der Waals surface area contributed by atoms with Crippen LogP contribution in [0.3, 0.4) is 0 Å². The van der Waals surface area contributed by atoms with Gasteiger partial charge in [0.2, 0.25) is 0 Å². The molecular formula is C12H9N3O2. The lowest BCUT2D eigenvalue weighted by Gasteiger charge is -2.02. The van der Waals surface area contributed by atoms with E-state index in [0.717, 1.165) is 11.0 Å². The van der Waals surface area contributed by atoms with Gasteiger partial charge in [-0.1, -0.05) is 12.1 Å². The zero-order valence-corrected chi connectivity index (χ0v) is 8.78. The van der Waals surface area contributed by atoms with Gasteiger partial charge >= 0.3 is 0 Å². The molecule has 17 heavy (non-hydrogen) atoms. The largest absolute Gasteiger partial charge is 0.508 e. The van der Waals surface area contributed by atoms with Gasteiger partial charge in [-0.2, -0.15) is 0 Å². The molecule has 3 aromatic rings. The molecule has 0 aliphatic heterocycles. The van der Waals surface area contributed by atoms with Gasteiger partial charge in [-0.25, -0.2) is 0 Å². The molecule has 3 rings (SSSR count). The summed E-state index contributed by atoms with van der Waals surface area (Å²) in [6.07, 6.45) is 0. The van der Waals surface area contributed by atoms with E-state index in [-0.39, 0.29) is 11.5 Å². The predicted octanol–water partition coefficient (Wildman–Crippen LogP) is 1.83. The summed E-state index contributed by atoms with van der Waals surface area (Å²) in [6.45, 7) is 0. The highest BCUT2D eigenvalue weighted by atomic mass is 16.3. The number of phenolic OH excluding ortho intramolecular Hbond substituents is 2. The molecule has 0 saturated heterocycles. The maximum absolute atomic E-state index is 9.71. The van der Waals surface area contributed by atoms with Crippen LogP contribution in [0.1, 0.15) is 0 Å². The van der Waals surface area contributed by atoms with Crippen molar-refractivity contribution in [2.75, 3.05) is 0 Å². The van der Waals surface area contributed by atoms with Crippen LogP contribution in [-0.4, -0.2) is 25.2 Å². The number of aromatic nitrogens is 3. The van der Waals surface area contributed by atoms with E-state index in [1.54, 1.807) is 6.07 Å². The minimum Gasteiger partial charge on any atom is -0.508 e. The Morgan fingerprint density at radius 1 is 0.882 bits per heavy atom. The van der Waals surface area contributed by atoms with Gasteiger partial charge in [0.15, 0.2) is 0 Å². The van der Waals surface area contributed by atoms with Crippen molar-refractivity contribution in [1.29, 1.82) is 0 Å². The molecule has 1 heterocycles.